The largest absolute Gasteiger partial charge is 0.492 e. The molecule has 0 aliphatic rings. The molecule has 10 heteroatoms. The molecule has 0 unspecified atom stereocenters. The highest BCUT2D eigenvalue weighted by atomic mass is 35.5. The number of nitrogens with zero attached hydrogens (tertiary/aromatic N) is 1. The van der Waals surface area contributed by atoms with Crippen molar-refractivity contribution in [1.82, 2.24) is 4.31 Å². The van der Waals surface area contributed by atoms with Crippen LogP contribution in [0.1, 0.15) is 31.1 Å². The lowest BCUT2D eigenvalue weighted by molar-refractivity contribution is -0.119. The summed E-state index contributed by atoms with van der Waals surface area (Å²) < 4.78 is 37.2. The van der Waals surface area contributed by atoms with Crippen molar-refractivity contribution in [3.8, 4) is 5.75 Å². The number of hydrogen-bond donors (Lipinski definition) is 1. The summed E-state index contributed by atoms with van der Waals surface area (Å²) in [6.45, 7) is 5.61. The fraction of sp³-hybridized carbons (Fsp3) is 0.333. The summed E-state index contributed by atoms with van der Waals surface area (Å²) in [5.74, 6) is -0.917. The zero-order valence-electron chi connectivity index (χ0n) is 17.6. The highest BCUT2D eigenvalue weighted by Crippen LogP contribution is 2.26. The first-order chi connectivity index (χ1) is 14.7. The van der Waals surface area contributed by atoms with E-state index in [1.165, 1.54) is 16.4 Å². The third-order valence-electron chi connectivity index (χ3n) is 4.29. The molecule has 1 amide bonds. The van der Waals surface area contributed by atoms with Crippen LogP contribution in [0.15, 0.2) is 47.4 Å². The molecule has 2 aromatic carbocycles. The van der Waals surface area contributed by atoms with E-state index in [1.807, 2.05) is 6.92 Å². The van der Waals surface area contributed by atoms with Crippen molar-refractivity contribution in [2.45, 2.75) is 25.7 Å². The van der Waals surface area contributed by atoms with Gasteiger partial charge in [0.15, 0.2) is 6.61 Å². The molecule has 0 fully saturated rings. The number of nitrogens with one attached hydrogen (secondary N) is 1. The maximum absolute atomic E-state index is 12.8. The van der Waals surface area contributed by atoms with Gasteiger partial charge in [0.25, 0.3) is 5.91 Å². The molecule has 168 valence electrons. The number of hydrogen-bond acceptors (Lipinski definition) is 6. The molecule has 0 aromatic heterocycles. The maximum atomic E-state index is 12.8. The van der Waals surface area contributed by atoms with Gasteiger partial charge >= 0.3 is 5.97 Å². The molecule has 0 saturated heterocycles. The molecule has 0 radical (unpaired) electrons. The van der Waals surface area contributed by atoms with E-state index in [0.29, 0.717) is 18.0 Å². The van der Waals surface area contributed by atoms with Crippen LogP contribution in [-0.4, -0.2) is 50.9 Å². The quantitative estimate of drug-likeness (QED) is 0.535. The highest BCUT2D eigenvalue weighted by molar-refractivity contribution is 7.89. The number of carbonyl (C=O) groups excluding carboxylic acids is 2. The summed E-state index contributed by atoms with van der Waals surface area (Å²) in [5.41, 5.74) is 0.419. The minimum absolute atomic E-state index is 0.00581. The highest BCUT2D eigenvalue weighted by Gasteiger charge is 2.26. The van der Waals surface area contributed by atoms with Gasteiger partial charge in [0, 0.05) is 13.1 Å². The lowest BCUT2D eigenvalue weighted by atomic mass is 10.2. The van der Waals surface area contributed by atoms with Crippen molar-refractivity contribution in [1.29, 1.82) is 0 Å². The molecule has 2 aromatic rings. The van der Waals surface area contributed by atoms with Gasteiger partial charge in [-0.1, -0.05) is 37.6 Å². The van der Waals surface area contributed by atoms with E-state index < -0.39 is 28.5 Å². The maximum Gasteiger partial charge on any atom is 0.338 e. The summed E-state index contributed by atoms with van der Waals surface area (Å²) in [7, 11) is -3.87. The molecule has 0 heterocycles. The van der Waals surface area contributed by atoms with Crippen molar-refractivity contribution < 1.29 is 27.5 Å². The number of ether oxygens (including phenoxy) is 2. The van der Waals surface area contributed by atoms with E-state index in [4.69, 9.17) is 21.1 Å². The minimum Gasteiger partial charge on any atom is -0.492 e. The molecule has 0 atom stereocenters. The Labute approximate surface area is 187 Å². The second kappa shape index (κ2) is 11.1. The van der Waals surface area contributed by atoms with Crippen molar-refractivity contribution in [3.05, 3.63) is 53.1 Å². The summed E-state index contributed by atoms with van der Waals surface area (Å²) >= 11 is 6.07. The summed E-state index contributed by atoms with van der Waals surface area (Å²) in [5, 5.41) is 2.61. The number of esters is 1. The van der Waals surface area contributed by atoms with Gasteiger partial charge in [-0.05, 0) is 37.3 Å². The number of halogens is 1. The second-order valence-electron chi connectivity index (χ2n) is 6.29. The Kier molecular flexibility index (Phi) is 8.85. The normalized spacial score (nSPS) is 11.3. The average Bonchev–Trinajstić information content (AvgIpc) is 2.74. The zero-order valence-corrected chi connectivity index (χ0v) is 19.1. The van der Waals surface area contributed by atoms with Crippen molar-refractivity contribution in [2.24, 2.45) is 0 Å². The Balaban J connectivity index is 2.10. The van der Waals surface area contributed by atoms with Crippen molar-refractivity contribution in [3.63, 3.8) is 0 Å². The van der Waals surface area contributed by atoms with Crippen LogP contribution in [-0.2, 0) is 19.6 Å². The molecular formula is C21H25ClN2O6S. The fourth-order valence-electron chi connectivity index (χ4n) is 2.78. The van der Waals surface area contributed by atoms with Gasteiger partial charge in [0.05, 0.1) is 22.9 Å². The number of anilines is 1. The molecule has 1 N–H and O–H groups in total. The van der Waals surface area contributed by atoms with Gasteiger partial charge in [0.2, 0.25) is 10.0 Å². The summed E-state index contributed by atoms with van der Waals surface area (Å²) in [6, 6.07) is 10.7. The van der Waals surface area contributed by atoms with E-state index in [1.54, 1.807) is 38.1 Å². The van der Waals surface area contributed by atoms with Gasteiger partial charge in [0.1, 0.15) is 10.6 Å². The molecule has 0 aliphatic carbocycles. The third-order valence-corrected chi connectivity index (χ3v) is 6.82. The topological polar surface area (TPSA) is 102 Å². The van der Waals surface area contributed by atoms with Gasteiger partial charge in [-0.15, -0.1) is 0 Å². The number of para-hydroxylation sites is 2. The fourth-order valence-corrected chi connectivity index (χ4v) is 4.74. The molecule has 0 bridgehead atoms. The molecule has 31 heavy (non-hydrogen) atoms. The standard InChI is InChI=1S/C21H25ClN2O6S/c1-4-24(5-2)31(27,28)19-13-15(11-12-16(19)22)21(26)30-14-20(25)23-17-9-7-8-10-18(17)29-6-3/h7-13H,4-6,14H2,1-3H3,(H,23,25). The Morgan fingerprint density at radius 2 is 1.74 bits per heavy atom. The van der Waals surface area contributed by atoms with Crippen LogP contribution in [0, 0.1) is 0 Å². The molecule has 0 saturated carbocycles. The van der Waals surface area contributed by atoms with Crippen LogP contribution < -0.4 is 10.1 Å². The predicted molar refractivity (Wildman–Crippen MR) is 118 cm³/mol. The van der Waals surface area contributed by atoms with E-state index in [0.717, 1.165) is 6.07 Å². The van der Waals surface area contributed by atoms with Gasteiger partial charge in [-0.2, -0.15) is 4.31 Å². The van der Waals surface area contributed by atoms with E-state index >= 15 is 0 Å². The lowest BCUT2D eigenvalue weighted by Gasteiger charge is -2.19. The lowest BCUT2D eigenvalue weighted by Crippen LogP contribution is -2.31. The summed E-state index contributed by atoms with van der Waals surface area (Å²) in [6.07, 6.45) is 0. The zero-order chi connectivity index (χ0) is 23.0. The second-order valence-corrected chi connectivity index (χ2v) is 8.60. The number of carbonyl (C=O) groups is 2. The van der Waals surface area contributed by atoms with E-state index in [9.17, 15) is 18.0 Å². The number of rotatable bonds is 10. The molecule has 0 aliphatic heterocycles. The van der Waals surface area contributed by atoms with Crippen LogP contribution in [0.4, 0.5) is 5.69 Å². The Hall–Kier alpha value is -2.62. The van der Waals surface area contributed by atoms with Crippen LogP contribution in [0.5, 0.6) is 5.75 Å². The van der Waals surface area contributed by atoms with Crippen molar-refractivity contribution >= 4 is 39.2 Å². The first kappa shape index (κ1) is 24.6. The van der Waals surface area contributed by atoms with Gasteiger partial charge in [-0.25, -0.2) is 13.2 Å². The average molecular weight is 469 g/mol. The monoisotopic (exact) mass is 468 g/mol. The number of sulfonamides is 1. The Morgan fingerprint density at radius 3 is 2.39 bits per heavy atom. The summed E-state index contributed by atoms with van der Waals surface area (Å²) in [4.78, 5) is 24.4. The van der Waals surface area contributed by atoms with Crippen LogP contribution in [0.2, 0.25) is 5.02 Å². The molecule has 8 nitrogen and oxygen atoms in total. The minimum atomic E-state index is -3.87. The number of benzene rings is 2. The van der Waals surface area contributed by atoms with Crippen LogP contribution in [0.3, 0.4) is 0 Å². The molecule has 0 spiro atoms. The SMILES string of the molecule is CCOc1ccccc1NC(=O)COC(=O)c1ccc(Cl)c(S(=O)(=O)N(CC)CC)c1. The van der Waals surface area contributed by atoms with Gasteiger partial charge in [-0.3, -0.25) is 4.79 Å². The van der Waals surface area contributed by atoms with Crippen molar-refractivity contribution in [2.75, 3.05) is 31.6 Å². The van der Waals surface area contributed by atoms with Crippen LogP contribution >= 0.6 is 11.6 Å². The molecular weight excluding hydrogens is 444 g/mol. The third kappa shape index (κ3) is 6.19. The van der Waals surface area contributed by atoms with E-state index in [2.05, 4.69) is 5.32 Å². The Morgan fingerprint density at radius 1 is 1.06 bits per heavy atom. The number of amides is 1. The Bertz CT molecular complexity index is 1040. The van der Waals surface area contributed by atoms with E-state index in [-0.39, 0.29) is 28.6 Å². The predicted octanol–water partition coefficient (Wildman–Crippen LogP) is 3.56. The molecule has 2 rings (SSSR count). The first-order valence-electron chi connectivity index (χ1n) is 9.73. The first-order valence-corrected chi connectivity index (χ1v) is 11.5. The smallest absolute Gasteiger partial charge is 0.338 e. The van der Waals surface area contributed by atoms with Crippen LogP contribution in [0.25, 0.3) is 0 Å². The van der Waals surface area contributed by atoms with Gasteiger partial charge < -0.3 is 14.8 Å².